The Hall–Kier alpha value is -3.53. The normalized spacial score (nSPS) is 16.0. The summed E-state index contributed by atoms with van der Waals surface area (Å²) in [5, 5.41) is 12.7. The Labute approximate surface area is 150 Å². The van der Waals surface area contributed by atoms with Gasteiger partial charge in [0.05, 0.1) is 17.7 Å². The number of benzene rings is 1. The van der Waals surface area contributed by atoms with E-state index in [2.05, 4.69) is 5.32 Å². The third-order valence-electron chi connectivity index (χ3n) is 3.49. The third-order valence-corrected chi connectivity index (χ3v) is 4.48. The summed E-state index contributed by atoms with van der Waals surface area (Å²) in [6.45, 7) is 0. The van der Waals surface area contributed by atoms with Crippen LogP contribution in [0.3, 0.4) is 0 Å². The molecule has 0 aliphatic carbocycles. The number of carbonyl (C=O) groups excluding carboxylic acids is 3. The van der Waals surface area contributed by atoms with Crippen LogP contribution in [-0.2, 0) is 9.59 Å². The van der Waals surface area contributed by atoms with Gasteiger partial charge in [0.1, 0.15) is 11.3 Å². The van der Waals surface area contributed by atoms with Gasteiger partial charge in [0.25, 0.3) is 11.8 Å². The van der Waals surface area contributed by atoms with Crippen molar-refractivity contribution in [3.8, 4) is 5.75 Å². The Morgan fingerprint density at radius 2 is 2.00 bits per heavy atom. The number of nitrogens with one attached hydrogen (secondary N) is 1. The predicted molar refractivity (Wildman–Crippen MR) is 93.0 cm³/mol. The summed E-state index contributed by atoms with van der Waals surface area (Å²) in [7, 11) is 1.44. The van der Waals surface area contributed by atoms with Crippen molar-refractivity contribution in [2.75, 3.05) is 12.0 Å². The molecule has 1 aromatic heterocycles. The molecule has 0 atom stereocenters. The van der Waals surface area contributed by atoms with Crippen molar-refractivity contribution in [2.45, 2.75) is 0 Å². The molecule has 2 heterocycles. The van der Waals surface area contributed by atoms with Crippen molar-refractivity contribution in [3.05, 3.63) is 57.0 Å². The molecule has 1 aromatic carbocycles. The summed E-state index contributed by atoms with van der Waals surface area (Å²) in [6.07, 6.45) is 1.22. The average molecular weight is 373 g/mol. The van der Waals surface area contributed by atoms with Crippen LogP contribution in [0, 0.1) is 10.1 Å². The molecule has 0 unspecified atom stereocenters. The number of urea groups is 1. The van der Waals surface area contributed by atoms with Crippen LogP contribution in [0.25, 0.3) is 6.08 Å². The number of hydrogen-bond donors (Lipinski definition) is 1. The smallest absolute Gasteiger partial charge is 0.335 e. The quantitative estimate of drug-likeness (QED) is 0.380. The van der Waals surface area contributed by atoms with Crippen LogP contribution in [0.1, 0.15) is 4.88 Å². The van der Waals surface area contributed by atoms with Crippen LogP contribution < -0.4 is 15.0 Å². The lowest BCUT2D eigenvalue weighted by molar-refractivity contribution is -0.380. The minimum atomic E-state index is -0.887. The molecule has 1 aliphatic rings. The zero-order valence-corrected chi connectivity index (χ0v) is 14.1. The lowest BCUT2D eigenvalue weighted by Gasteiger charge is -2.26. The number of nitrogens with zero attached hydrogens (tertiary/aromatic N) is 2. The first-order valence-electron chi connectivity index (χ1n) is 7.20. The van der Waals surface area contributed by atoms with Gasteiger partial charge in [-0.05, 0) is 24.3 Å². The van der Waals surface area contributed by atoms with E-state index in [9.17, 15) is 24.5 Å². The minimum Gasteiger partial charge on any atom is -0.497 e. The van der Waals surface area contributed by atoms with E-state index in [0.29, 0.717) is 10.6 Å². The molecule has 0 spiro atoms. The maximum absolute atomic E-state index is 12.7. The van der Waals surface area contributed by atoms with Crippen molar-refractivity contribution in [3.63, 3.8) is 0 Å². The van der Waals surface area contributed by atoms with Gasteiger partial charge in [0.2, 0.25) is 0 Å². The number of methoxy groups -OCH3 is 1. The molecule has 26 heavy (non-hydrogen) atoms. The van der Waals surface area contributed by atoms with Crippen LogP contribution in [0.4, 0.5) is 15.5 Å². The lowest BCUT2D eigenvalue weighted by atomic mass is 10.1. The maximum atomic E-state index is 12.7. The largest absolute Gasteiger partial charge is 0.497 e. The third kappa shape index (κ3) is 3.17. The molecule has 1 saturated heterocycles. The molecule has 0 bridgehead atoms. The van der Waals surface area contributed by atoms with Crippen LogP contribution in [0.5, 0.6) is 5.75 Å². The summed E-state index contributed by atoms with van der Waals surface area (Å²) >= 11 is 0.811. The van der Waals surface area contributed by atoms with E-state index in [1.165, 1.54) is 37.5 Å². The van der Waals surface area contributed by atoms with E-state index in [1.807, 2.05) is 0 Å². The van der Waals surface area contributed by atoms with E-state index in [-0.39, 0.29) is 16.3 Å². The van der Waals surface area contributed by atoms with E-state index >= 15 is 0 Å². The number of carbonyl (C=O) groups is 3. The summed E-state index contributed by atoms with van der Waals surface area (Å²) in [4.78, 5) is 48.2. The van der Waals surface area contributed by atoms with Gasteiger partial charge in [-0.15, -0.1) is 0 Å². The van der Waals surface area contributed by atoms with E-state index in [1.54, 1.807) is 12.1 Å². The second-order valence-corrected chi connectivity index (χ2v) is 6.19. The molecule has 10 heteroatoms. The van der Waals surface area contributed by atoms with Crippen LogP contribution in [0.15, 0.2) is 42.0 Å². The Kier molecular flexibility index (Phi) is 4.50. The number of rotatable bonds is 4. The zero-order valence-electron chi connectivity index (χ0n) is 13.3. The molecule has 3 rings (SSSR count). The first-order valence-corrected chi connectivity index (χ1v) is 8.02. The number of anilines is 1. The van der Waals surface area contributed by atoms with Gasteiger partial charge in [-0.1, -0.05) is 17.4 Å². The summed E-state index contributed by atoms with van der Waals surface area (Å²) < 4.78 is 5.07. The average Bonchev–Trinajstić information content (AvgIpc) is 3.08. The van der Waals surface area contributed by atoms with Gasteiger partial charge >= 0.3 is 11.0 Å². The fraction of sp³-hybridized carbons (Fsp3) is 0.0625. The molecule has 0 radical (unpaired) electrons. The van der Waals surface area contributed by atoms with Crippen LogP contribution in [0.2, 0.25) is 0 Å². The van der Waals surface area contributed by atoms with Gasteiger partial charge in [-0.25, -0.2) is 9.69 Å². The van der Waals surface area contributed by atoms with Gasteiger partial charge in [-0.3, -0.25) is 25.0 Å². The van der Waals surface area contributed by atoms with Gasteiger partial charge < -0.3 is 4.74 Å². The van der Waals surface area contributed by atoms with Crippen molar-refractivity contribution in [1.82, 2.24) is 5.32 Å². The molecule has 1 fully saturated rings. The van der Waals surface area contributed by atoms with E-state index < -0.39 is 22.8 Å². The summed E-state index contributed by atoms with van der Waals surface area (Å²) in [5.74, 6) is -1.27. The fourth-order valence-electron chi connectivity index (χ4n) is 2.30. The highest BCUT2D eigenvalue weighted by Crippen LogP contribution is 2.28. The zero-order chi connectivity index (χ0) is 18.8. The minimum absolute atomic E-state index is 0.124. The van der Waals surface area contributed by atoms with Crippen LogP contribution in [-0.4, -0.2) is 29.9 Å². The number of ether oxygens (including phenoxy) is 1. The highest BCUT2D eigenvalue weighted by Gasteiger charge is 2.37. The van der Waals surface area contributed by atoms with E-state index in [4.69, 9.17) is 4.74 Å². The van der Waals surface area contributed by atoms with Gasteiger partial charge in [-0.2, -0.15) is 0 Å². The van der Waals surface area contributed by atoms with Crippen molar-refractivity contribution >= 4 is 45.9 Å². The molecule has 0 saturated carbocycles. The predicted octanol–water partition coefficient (Wildman–Crippen LogP) is 2.33. The highest BCUT2D eigenvalue weighted by atomic mass is 32.1. The Bertz CT molecular complexity index is 964. The molecule has 2 aromatic rings. The second kappa shape index (κ2) is 6.76. The van der Waals surface area contributed by atoms with Crippen LogP contribution >= 0.6 is 11.3 Å². The molecular weight excluding hydrogens is 362 g/mol. The molecule has 1 aliphatic heterocycles. The highest BCUT2D eigenvalue weighted by molar-refractivity contribution is 7.16. The number of nitro groups is 1. The maximum Gasteiger partial charge on any atom is 0.335 e. The second-order valence-electron chi connectivity index (χ2n) is 5.09. The monoisotopic (exact) mass is 373 g/mol. The number of amides is 4. The Morgan fingerprint density at radius 1 is 1.23 bits per heavy atom. The first kappa shape index (κ1) is 17.3. The van der Waals surface area contributed by atoms with Gasteiger partial charge in [0.15, 0.2) is 0 Å². The molecule has 4 amide bonds. The SMILES string of the molecule is COc1cccc(N2C(=O)NC(=O)/C(=C\c3ccc([N+](=O)[O-])s3)C2=O)c1. The fourth-order valence-corrected chi connectivity index (χ4v) is 3.07. The summed E-state index contributed by atoms with van der Waals surface area (Å²) in [6, 6.07) is 8.03. The number of hydrogen-bond acceptors (Lipinski definition) is 7. The van der Waals surface area contributed by atoms with Crippen molar-refractivity contribution in [2.24, 2.45) is 0 Å². The van der Waals surface area contributed by atoms with Crippen molar-refractivity contribution in [1.29, 1.82) is 0 Å². The molecule has 9 nitrogen and oxygen atoms in total. The Morgan fingerprint density at radius 3 is 2.65 bits per heavy atom. The topological polar surface area (TPSA) is 119 Å². The standard InChI is InChI=1S/C16H11N3O6S/c1-25-10-4-2-3-9(7-10)18-15(21)12(14(20)17-16(18)22)8-11-5-6-13(26-11)19(23)24/h2-8H,1H3,(H,17,20,22)/b12-8+. The summed E-state index contributed by atoms with van der Waals surface area (Å²) in [5.41, 5.74) is -0.0772. The number of thiophene rings is 1. The lowest BCUT2D eigenvalue weighted by Crippen LogP contribution is -2.54. The van der Waals surface area contributed by atoms with E-state index in [0.717, 1.165) is 16.2 Å². The Balaban J connectivity index is 1.99. The van der Waals surface area contributed by atoms with Gasteiger partial charge in [0, 0.05) is 17.0 Å². The molecule has 132 valence electrons. The van der Waals surface area contributed by atoms with Crippen molar-refractivity contribution < 1.29 is 24.0 Å². The first-order chi connectivity index (χ1) is 12.4. The molecular formula is C16H11N3O6S. The number of barbiturate groups is 1. The molecule has 1 N–H and O–H groups in total. The number of imide groups is 2.